The molecule has 0 saturated carbocycles. The van der Waals surface area contributed by atoms with Crippen LogP contribution in [0.4, 0.5) is 5.69 Å². The van der Waals surface area contributed by atoms with E-state index in [1.807, 2.05) is 36.4 Å². The maximum Gasteiger partial charge on any atom is 0.323 e. The molecule has 0 amide bonds. The van der Waals surface area contributed by atoms with E-state index in [-0.39, 0.29) is 19.3 Å². The van der Waals surface area contributed by atoms with E-state index in [0.717, 1.165) is 97.1 Å². The molecule has 1 saturated heterocycles. The molecule has 0 spiro atoms. The van der Waals surface area contributed by atoms with Gasteiger partial charge in [0.15, 0.2) is 0 Å². The number of carboxylic acid groups (broad SMARTS) is 1. The van der Waals surface area contributed by atoms with E-state index in [2.05, 4.69) is 37.5 Å². The standard InChI is InChI=1S/C38H47BrClN5O6/c39-37-26(9-7-11-30(37)29-10-8-12-33(31(29)21-42)43-15-4-5-16-45-17-13-28(47)23-45)25-51-36-20-35(50-18-6-2-1-3-14-41)27(19-32(36)40)22-44-34(24-46)38(48)49/h7-12,19-21,28,34,42-44,46-47H,1-6,13,15-18,22-25H2,(H,48,49)/t28-,34+/m1/s1. The highest BCUT2D eigenvalue weighted by molar-refractivity contribution is 9.10. The molecule has 0 radical (unpaired) electrons. The monoisotopic (exact) mass is 783 g/mol. The number of β-amino-alcohol motifs (C(OH)–C–C–N with tert-alkyl or cyclic N) is 1. The second kappa shape index (κ2) is 21.0. The molecule has 1 heterocycles. The fourth-order valence-corrected chi connectivity index (χ4v) is 6.78. The van der Waals surface area contributed by atoms with Gasteiger partial charge in [0.25, 0.3) is 0 Å². The maximum atomic E-state index is 11.4. The zero-order valence-corrected chi connectivity index (χ0v) is 31.0. The Morgan fingerprint density at radius 3 is 2.63 bits per heavy atom. The van der Waals surface area contributed by atoms with Crippen LogP contribution >= 0.6 is 27.5 Å². The molecule has 1 aliphatic heterocycles. The lowest BCUT2D eigenvalue weighted by Crippen LogP contribution is -2.39. The van der Waals surface area contributed by atoms with Crippen molar-refractivity contribution in [3.05, 3.63) is 74.7 Å². The van der Waals surface area contributed by atoms with E-state index < -0.39 is 18.6 Å². The molecule has 51 heavy (non-hydrogen) atoms. The summed E-state index contributed by atoms with van der Waals surface area (Å²) < 4.78 is 13.1. The third kappa shape index (κ3) is 11.9. The second-order valence-corrected chi connectivity index (χ2v) is 13.7. The number of aliphatic hydroxyl groups excluding tert-OH is 2. The molecule has 0 bridgehead atoms. The summed E-state index contributed by atoms with van der Waals surface area (Å²) in [6.45, 7) is 3.56. The van der Waals surface area contributed by atoms with Gasteiger partial charge in [0, 0.05) is 71.7 Å². The molecular weight excluding hydrogens is 738 g/mol. The number of nitrogens with zero attached hydrogens (tertiary/aromatic N) is 2. The van der Waals surface area contributed by atoms with E-state index in [0.29, 0.717) is 35.1 Å². The zero-order valence-electron chi connectivity index (χ0n) is 28.7. The first-order valence-electron chi connectivity index (χ1n) is 17.3. The number of hydrogen-bond acceptors (Lipinski definition) is 10. The summed E-state index contributed by atoms with van der Waals surface area (Å²) >= 11 is 10.5. The Kier molecular flexibility index (Phi) is 16.5. The molecular formula is C38H47BrClN5O6. The van der Waals surface area contributed by atoms with Gasteiger partial charge < -0.3 is 40.4 Å². The van der Waals surface area contributed by atoms with E-state index >= 15 is 0 Å². The number of anilines is 1. The molecule has 11 nitrogen and oxygen atoms in total. The number of unbranched alkanes of at least 4 members (excludes halogenated alkanes) is 4. The number of aliphatic carboxylic acids is 1. The van der Waals surface area contributed by atoms with Crippen LogP contribution in [0.2, 0.25) is 5.02 Å². The van der Waals surface area contributed by atoms with Crippen molar-refractivity contribution in [3.8, 4) is 28.7 Å². The smallest absolute Gasteiger partial charge is 0.323 e. The van der Waals surface area contributed by atoms with Crippen molar-refractivity contribution in [2.45, 2.75) is 70.2 Å². The summed E-state index contributed by atoms with van der Waals surface area (Å²) in [4.78, 5) is 13.7. The highest BCUT2D eigenvalue weighted by Crippen LogP contribution is 2.37. The molecule has 2 atom stereocenters. The SMILES string of the molecule is N#CCCCCCOc1cc(OCc2cccc(-c3cccc(NCCCCN4CC[C@@H](O)C4)c3C=N)c2Br)c(Cl)cc1CN[C@@H](CO)C(=O)O. The number of carboxylic acids is 1. The molecule has 0 aromatic heterocycles. The third-order valence-corrected chi connectivity index (χ3v) is 10.0. The van der Waals surface area contributed by atoms with Gasteiger partial charge in [-0.25, -0.2) is 0 Å². The predicted molar refractivity (Wildman–Crippen MR) is 203 cm³/mol. The quantitative estimate of drug-likeness (QED) is 0.0482. The van der Waals surface area contributed by atoms with Crippen LogP contribution in [0.3, 0.4) is 0 Å². The number of carbonyl (C=O) groups is 1. The lowest BCUT2D eigenvalue weighted by atomic mass is 9.97. The molecule has 3 aromatic rings. The average molecular weight is 785 g/mol. The normalized spacial score (nSPS) is 14.9. The van der Waals surface area contributed by atoms with Crippen LogP contribution in [0.25, 0.3) is 11.1 Å². The van der Waals surface area contributed by atoms with Crippen molar-refractivity contribution in [3.63, 3.8) is 0 Å². The lowest BCUT2D eigenvalue weighted by molar-refractivity contribution is -0.140. The van der Waals surface area contributed by atoms with Gasteiger partial charge in [0.1, 0.15) is 24.1 Å². The number of likely N-dealkylation sites (tertiary alicyclic amines) is 1. The van der Waals surface area contributed by atoms with Crippen LogP contribution in [-0.2, 0) is 17.9 Å². The maximum absolute atomic E-state index is 11.4. The van der Waals surface area contributed by atoms with Crippen LogP contribution in [0, 0.1) is 16.7 Å². The number of benzene rings is 3. The number of hydrogen-bond donors (Lipinski definition) is 6. The summed E-state index contributed by atoms with van der Waals surface area (Å²) in [5, 5.41) is 52.2. The van der Waals surface area contributed by atoms with Gasteiger partial charge in [0.05, 0.1) is 30.4 Å². The molecule has 1 fully saturated rings. The van der Waals surface area contributed by atoms with Crippen molar-refractivity contribution in [2.75, 3.05) is 44.7 Å². The highest BCUT2D eigenvalue weighted by Gasteiger charge is 2.20. The second-order valence-electron chi connectivity index (χ2n) is 12.5. The van der Waals surface area contributed by atoms with Gasteiger partial charge in [-0.15, -0.1) is 0 Å². The van der Waals surface area contributed by atoms with Gasteiger partial charge in [0.2, 0.25) is 0 Å². The summed E-state index contributed by atoms with van der Waals surface area (Å²) in [5.41, 5.74) is 4.97. The molecule has 6 N–H and O–H groups in total. The topological polar surface area (TPSA) is 171 Å². The molecule has 0 unspecified atom stereocenters. The van der Waals surface area contributed by atoms with Crippen molar-refractivity contribution in [2.24, 2.45) is 0 Å². The average Bonchev–Trinajstić information content (AvgIpc) is 3.54. The molecule has 1 aliphatic rings. The van der Waals surface area contributed by atoms with Crippen LogP contribution in [0.15, 0.2) is 53.0 Å². The number of rotatable bonds is 22. The minimum absolute atomic E-state index is 0.0990. The largest absolute Gasteiger partial charge is 0.493 e. The minimum atomic E-state index is -1.17. The van der Waals surface area contributed by atoms with Crippen molar-refractivity contribution in [1.29, 1.82) is 10.7 Å². The number of aliphatic hydroxyl groups is 2. The zero-order chi connectivity index (χ0) is 36.6. The van der Waals surface area contributed by atoms with Gasteiger partial charge in [-0.1, -0.05) is 41.9 Å². The first-order chi connectivity index (χ1) is 24.7. The predicted octanol–water partition coefficient (Wildman–Crippen LogP) is 6.60. The Balaban J connectivity index is 1.45. The Morgan fingerprint density at radius 1 is 1.10 bits per heavy atom. The van der Waals surface area contributed by atoms with Gasteiger partial charge in [-0.3, -0.25) is 10.1 Å². The first kappa shape index (κ1) is 40.1. The summed E-state index contributed by atoms with van der Waals surface area (Å²) in [7, 11) is 0. The Morgan fingerprint density at radius 2 is 1.90 bits per heavy atom. The number of ether oxygens (including phenoxy) is 2. The fourth-order valence-electron chi connectivity index (χ4n) is 5.95. The van der Waals surface area contributed by atoms with Gasteiger partial charge >= 0.3 is 5.97 Å². The van der Waals surface area contributed by atoms with E-state index in [1.165, 1.54) is 6.21 Å². The number of nitrogens with one attached hydrogen (secondary N) is 3. The van der Waals surface area contributed by atoms with Crippen molar-refractivity contribution < 1.29 is 29.6 Å². The van der Waals surface area contributed by atoms with Crippen LogP contribution in [0.1, 0.15) is 61.6 Å². The minimum Gasteiger partial charge on any atom is -0.493 e. The number of halogens is 2. The molecule has 3 aromatic carbocycles. The summed E-state index contributed by atoms with van der Waals surface area (Å²) in [6.07, 6.45) is 6.86. The van der Waals surface area contributed by atoms with E-state index in [1.54, 1.807) is 12.1 Å². The molecule has 4 rings (SSSR count). The van der Waals surface area contributed by atoms with Crippen LogP contribution in [0.5, 0.6) is 11.5 Å². The lowest BCUT2D eigenvalue weighted by Gasteiger charge is -2.19. The Labute approximate surface area is 313 Å². The fraction of sp³-hybridized carbons (Fsp3) is 0.447. The molecule has 274 valence electrons. The summed E-state index contributed by atoms with van der Waals surface area (Å²) in [5.74, 6) is -0.300. The first-order valence-corrected chi connectivity index (χ1v) is 18.5. The van der Waals surface area contributed by atoms with Crippen molar-refractivity contribution >= 4 is 45.4 Å². The van der Waals surface area contributed by atoms with Gasteiger partial charge in [-0.05, 0) is 84.3 Å². The highest BCUT2D eigenvalue weighted by atomic mass is 79.9. The summed E-state index contributed by atoms with van der Waals surface area (Å²) in [6, 6.07) is 16.2. The molecule has 0 aliphatic carbocycles. The van der Waals surface area contributed by atoms with E-state index in [9.17, 15) is 20.1 Å². The van der Waals surface area contributed by atoms with Gasteiger partial charge in [-0.2, -0.15) is 5.26 Å². The van der Waals surface area contributed by atoms with Crippen molar-refractivity contribution in [1.82, 2.24) is 10.2 Å². The van der Waals surface area contributed by atoms with Crippen LogP contribution in [-0.4, -0.2) is 83.9 Å². The Bertz CT molecular complexity index is 1650. The molecule has 13 heteroatoms. The van der Waals surface area contributed by atoms with Crippen LogP contribution < -0.4 is 20.1 Å². The Hall–Kier alpha value is -3.70. The number of nitriles is 1. The third-order valence-electron chi connectivity index (χ3n) is 8.79. The van der Waals surface area contributed by atoms with E-state index in [4.69, 9.17) is 31.7 Å².